The molecule has 0 radical (unpaired) electrons. The number of nitrogens with two attached hydrogens (primary N) is 1. The number of hydrogen-bond acceptors (Lipinski definition) is 5. The molecule has 0 aromatic heterocycles. The van der Waals surface area contributed by atoms with Crippen LogP contribution in [0.15, 0.2) is 88.7 Å². The Hall–Kier alpha value is -3.12. The first-order chi connectivity index (χ1) is 15.5. The van der Waals surface area contributed by atoms with Crippen LogP contribution < -0.4 is 15.2 Å². The van der Waals surface area contributed by atoms with Crippen molar-refractivity contribution in [3.05, 3.63) is 95.8 Å². The zero-order valence-electron chi connectivity index (χ0n) is 17.3. The summed E-state index contributed by atoms with van der Waals surface area (Å²) in [5.74, 6) is -1.17. The summed E-state index contributed by atoms with van der Waals surface area (Å²) in [4.78, 5) is 12.7. The minimum Gasteiger partial charge on any atom is -0.351 e. The van der Waals surface area contributed by atoms with Gasteiger partial charge in [0, 0.05) is 6.54 Å². The molecule has 3 aromatic carbocycles. The zero-order valence-corrected chi connectivity index (χ0v) is 18.9. The summed E-state index contributed by atoms with van der Waals surface area (Å²) in [6.07, 6.45) is 0.0808. The molecule has 0 spiro atoms. The van der Waals surface area contributed by atoms with Gasteiger partial charge in [-0.1, -0.05) is 42.5 Å². The molecule has 0 saturated heterocycles. The third kappa shape index (κ3) is 6.93. The van der Waals surface area contributed by atoms with E-state index in [9.17, 15) is 26.0 Å². The lowest BCUT2D eigenvalue weighted by Gasteiger charge is -2.19. The van der Waals surface area contributed by atoms with E-state index >= 15 is 0 Å². The topological polar surface area (TPSA) is 135 Å². The number of halogens is 1. The molecule has 0 aliphatic heterocycles. The maximum atomic E-state index is 13.2. The number of hydrogen-bond donors (Lipinski definition) is 3. The van der Waals surface area contributed by atoms with Gasteiger partial charge in [-0.15, -0.1) is 0 Å². The van der Waals surface area contributed by atoms with Crippen LogP contribution in [0.5, 0.6) is 0 Å². The van der Waals surface area contributed by atoms with Gasteiger partial charge in [0.1, 0.15) is 11.9 Å². The lowest BCUT2D eigenvalue weighted by atomic mass is 10.1. The average molecular weight is 492 g/mol. The van der Waals surface area contributed by atoms with E-state index in [2.05, 4.69) is 10.0 Å². The Kier molecular flexibility index (Phi) is 7.59. The molecule has 1 amide bonds. The molecular weight excluding hydrogens is 469 g/mol. The molecule has 33 heavy (non-hydrogen) atoms. The molecule has 0 fully saturated rings. The van der Waals surface area contributed by atoms with Crippen molar-refractivity contribution in [2.24, 2.45) is 5.14 Å². The monoisotopic (exact) mass is 491 g/mol. The number of nitrogens with one attached hydrogen (secondary N) is 2. The zero-order chi connectivity index (χ0) is 24.1. The highest BCUT2D eigenvalue weighted by atomic mass is 32.2. The fourth-order valence-electron chi connectivity index (χ4n) is 3.02. The number of carbonyl (C=O) groups excluding carboxylic acids is 1. The molecule has 0 aliphatic carbocycles. The van der Waals surface area contributed by atoms with Crippen LogP contribution in [0, 0.1) is 5.82 Å². The Balaban J connectivity index is 1.77. The maximum absolute atomic E-state index is 13.2. The smallest absolute Gasteiger partial charge is 0.241 e. The Morgan fingerprint density at radius 3 is 1.97 bits per heavy atom. The first-order valence-corrected chi connectivity index (χ1v) is 12.8. The van der Waals surface area contributed by atoms with Crippen molar-refractivity contribution < 1.29 is 26.0 Å². The Morgan fingerprint density at radius 1 is 0.818 bits per heavy atom. The molecule has 3 aromatic rings. The quantitative estimate of drug-likeness (QED) is 0.419. The van der Waals surface area contributed by atoms with Crippen molar-refractivity contribution in [1.82, 2.24) is 10.0 Å². The van der Waals surface area contributed by atoms with Gasteiger partial charge in [-0.25, -0.2) is 26.4 Å². The maximum Gasteiger partial charge on any atom is 0.241 e. The number of primary sulfonamides is 1. The largest absolute Gasteiger partial charge is 0.351 e. The van der Waals surface area contributed by atoms with Crippen molar-refractivity contribution in [1.29, 1.82) is 0 Å². The summed E-state index contributed by atoms with van der Waals surface area (Å²) in [7, 11) is -7.94. The molecule has 0 heterocycles. The SMILES string of the molecule is NS(=O)(=O)c1ccc(CNC(=O)C(Cc2ccccc2)NS(=O)(=O)c2ccc(F)cc2)cc1. The third-order valence-corrected chi connectivity index (χ3v) is 7.16. The van der Waals surface area contributed by atoms with Crippen molar-refractivity contribution in [3.63, 3.8) is 0 Å². The fourth-order valence-corrected chi connectivity index (χ4v) is 4.73. The summed E-state index contributed by atoms with van der Waals surface area (Å²) in [5, 5.41) is 7.73. The van der Waals surface area contributed by atoms with Crippen LogP contribution in [0.4, 0.5) is 4.39 Å². The second-order valence-electron chi connectivity index (χ2n) is 7.22. The van der Waals surface area contributed by atoms with E-state index in [-0.39, 0.29) is 22.8 Å². The van der Waals surface area contributed by atoms with Gasteiger partial charge < -0.3 is 5.32 Å². The molecule has 174 valence electrons. The molecule has 0 saturated carbocycles. The van der Waals surface area contributed by atoms with Crippen LogP contribution in [-0.4, -0.2) is 28.8 Å². The molecule has 1 atom stereocenters. The van der Waals surface area contributed by atoms with Crippen molar-refractivity contribution >= 4 is 26.0 Å². The van der Waals surface area contributed by atoms with Gasteiger partial charge in [0.15, 0.2) is 0 Å². The summed E-state index contributed by atoms with van der Waals surface area (Å²) in [6.45, 7) is 0.0350. The minimum atomic E-state index is -4.10. The number of carbonyl (C=O) groups is 1. The first kappa shape index (κ1) is 24.5. The van der Waals surface area contributed by atoms with Crippen LogP contribution in [-0.2, 0) is 37.8 Å². The van der Waals surface area contributed by atoms with Crippen molar-refractivity contribution in [2.75, 3.05) is 0 Å². The first-order valence-electron chi connectivity index (χ1n) is 9.76. The van der Waals surface area contributed by atoms with Gasteiger partial charge >= 0.3 is 0 Å². The van der Waals surface area contributed by atoms with Crippen LogP contribution in [0.2, 0.25) is 0 Å². The second-order valence-corrected chi connectivity index (χ2v) is 10.5. The normalized spacial score (nSPS) is 12.8. The van der Waals surface area contributed by atoms with Gasteiger partial charge in [-0.3, -0.25) is 4.79 Å². The number of rotatable bonds is 9. The molecule has 8 nitrogen and oxygen atoms in total. The highest BCUT2D eigenvalue weighted by molar-refractivity contribution is 7.89. The Morgan fingerprint density at radius 2 is 1.39 bits per heavy atom. The van der Waals surface area contributed by atoms with Crippen LogP contribution in [0.25, 0.3) is 0 Å². The van der Waals surface area contributed by atoms with E-state index in [1.54, 1.807) is 30.3 Å². The fraction of sp³-hybridized carbons (Fsp3) is 0.136. The van der Waals surface area contributed by atoms with E-state index in [0.29, 0.717) is 5.56 Å². The highest BCUT2D eigenvalue weighted by Crippen LogP contribution is 2.13. The van der Waals surface area contributed by atoms with Crippen molar-refractivity contribution in [2.45, 2.75) is 28.8 Å². The van der Waals surface area contributed by atoms with E-state index in [4.69, 9.17) is 5.14 Å². The van der Waals surface area contributed by atoms with Crippen molar-refractivity contribution in [3.8, 4) is 0 Å². The lowest BCUT2D eigenvalue weighted by molar-refractivity contribution is -0.122. The number of amides is 1. The lowest BCUT2D eigenvalue weighted by Crippen LogP contribution is -2.47. The highest BCUT2D eigenvalue weighted by Gasteiger charge is 2.26. The predicted octanol–water partition coefficient (Wildman–Crippen LogP) is 1.68. The Bertz CT molecular complexity index is 1310. The van der Waals surface area contributed by atoms with Gasteiger partial charge in [0.2, 0.25) is 26.0 Å². The molecule has 0 bridgehead atoms. The van der Waals surface area contributed by atoms with Crippen LogP contribution >= 0.6 is 0 Å². The van der Waals surface area contributed by atoms with E-state index in [0.717, 1.165) is 29.8 Å². The minimum absolute atomic E-state index is 0.0350. The Labute approximate surface area is 191 Å². The van der Waals surface area contributed by atoms with E-state index < -0.39 is 37.8 Å². The number of sulfonamides is 2. The van der Waals surface area contributed by atoms with Gasteiger partial charge in [0.25, 0.3) is 0 Å². The molecule has 4 N–H and O–H groups in total. The van der Waals surface area contributed by atoms with Crippen LogP contribution in [0.3, 0.4) is 0 Å². The summed E-state index contributed by atoms with van der Waals surface area (Å²) in [5.41, 5.74) is 1.33. The van der Waals surface area contributed by atoms with E-state index in [1.165, 1.54) is 24.3 Å². The summed E-state index contributed by atoms with van der Waals surface area (Å²) in [6, 6.07) is 17.6. The predicted molar refractivity (Wildman–Crippen MR) is 120 cm³/mol. The molecule has 11 heteroatoms. The van der Waals surface area contributed by atoms with Gasteiger partial charge in [-0.05, 0) is 53.9 Å². The molecule has 1 unspecified atom stereocenters. The third-order valence-electron chi connectivity index (χ3n) is 4.74. The van der Waals surface area contributed by atoms with Gasteiger partial charge in [0.05, 0.1) is 9.79 Å². The van der Waals surface area contributed by atoms with Crippen LogP contribution in [0.1, 0.15) is 11.1 Å². The second kappa shape index (κ2) is 10.2. The molecule has 3 rings (SSSR count). The molecule has 0 aliphatic rings. The van der Waals surface area contributed by atoms with Gasteiger partial charge in [-0.2, -0.15) is 4.72 Å². The standard InChI is InChI=1S/C22H22FN3O5S2/c23-18-8-12-20(13-9-18)33(30,31)26-21(14-16-4-2-1-3-5-16)22(27)25-15-17-6-10-19(11-7-17)32(24,28)29/h1-13,21,26H,14-15H2,(H,25,27)(H2,24,28,29). The van der Waals surface area contributed by atoms with E-state index in [1.807, 2.05) is 0 Å². The average Bonchev–Trinajstić information content (AvgIpc) is 2.77. The summed E-state index contributed by atoms with van der Waals surface area (Å²) >= 11 is 0. The molecular formula is C22H22FN3O5S2. The summed E-state index contributed by atoms with van der Waals surface area (Å²) < 4.78 is 63.8. The number of benzene rings is 3.